The number of rotatable bonds is 6. The molecule has 1 heterocycles. The predicted molar refractivity (Wildman–Crippen MR) is 121 cm³/mol. The molecule has 0 fully saturated rings. The Morgan fingerprint density at radius 3 is 2.33 bits per heavy atom. The molecule has 0 N–H and O–H groups in total. The third kappa shape index (κ3) is 4.98. The van der Waals surface area contributed by atoms with Crippen molar-refractivity contribution in [1.82, 2.24) is 0 Å². The molecule has 0 radical (unpaired) electrons. The van der Waals surface area contributed by atoms with Crippen LogP contribution in [0.25, 0.3) is 15.7 Å². The number of allylic oxidation sites excluding steroid dienone is 2. The Labute approximate surface area is 192 Å². The Balaban J connectivity index is 1.54. The number of alkyl halides is 3. The Morgan fingerprint density at radius 2 is 1.73 bits per heavy atom. The van der Waals surface area contributed by atoms with E-state index in [0.29, 0.717) is 35.1 Å². The molecule has 1 unspecified atom stereocenters. The highest BCUT2D eigenvalue weighted by Gasteiger charge is 2.38. The maximum atomic E-state index is 15.1. The van der Waals surface area contributed by atoms with Gasteiger partial charge in [0.15, 0.2) is 0 Å². The van der Waals surface area contributed by atoms with Crippen LogP contribution in [0, 0.1) is 17.5 Å². The molecule has 1 aliphatic rings. The minimum atomic E-state index is -5.09. The lowest BCUT2D eigenvalue weighted by molar-refractivity contribution is -0.142. The van der Waals surface area contributed by atoms with Crippen molar-refractivity contribution in [3.05, 3.63) is 75.4 Å². The summed E-state index contributed by atoms with van der Waals surface area (Å²) < 4.78 is 82.4. The molecule has 0 saturated heterocycles. The van der Waals surface area contributed by atoms with Crippen molar-refractivity contribution in [2.24, 2.45) is 0 Å². The van der Waals surface area contributed by atoms with Crippen LogP contribution in [-0.2, 0) is 12.6 Å². The average molecular weight is 483 g/mol. The van der Waals surface area contributed by atoms with Crippen LogP contribution in [-0.4, -0.2) is 0 Å². The smallest absolute Gasteiger partial charge is 0.206 e. The lowest BCUT2D eigenvalue weighted by Crippen LogP contribution is -2.12. The monoisotopic (exact) mass is 482 g/mol. The number of fused-ring (bicyclic) bond motifs is 1. The van der Waals surface area contributed by atoms with Crippen molar-refractivity contribution >= 4 is 27.0 Å². The summed E-state index contributed by atoms with van der Waals surface area (Å²) in [6.45, 7) is 2.15. The quantitative estimate of drug-likeness (QED) is 0.242. The number of thiophene rings is 1. The van der Waals surface area contributed by atoms with Crippen LogP contribution in [0.3, 0.4) is 0 Å². The summed E-state index contributed by atoms with van der Waals surface area (Å²) in [6, 6.07) is 7.34. The first-order chi connectivity index (χ1) is 15.7. The molecular weight excluding hydrogens is 458 g/mol. The van der Waals surface area contributed by atoms with Gasteiger partial charge in [-0.1, -0.05) is 38.0 Å². The average Bonchev–Trinajstić information content (AvgIpc) is 3.08. The third-order valence-corrected chi connectivity index (χ3v) is 7.56. The van der Waals surface area contributed by atoms with E-state index in [4.69, 9.17) is 0 Å². The van der Waals surface area contributed by atoms with E-state index in [2.05, 4.69) is 13.0 Å². The molecule has 176 valence electrons. The highest BCUT2D eigenvalue weighted by molar-refractivity contribution is 7.19. The first-order valence-electron chi connectivity index (χ1n) is 11.2. The standard InChI is InChI=1S/C26H24F6S/c1-2-3-4-5-15-6-11-19-22(12-15)33-25(24(19)29)17-9-7-16(8-10-17)18-13-20(27)23(21(28)14-18)26(30,31)32/h6-7,11-14,17H,2-5,8-10H2,1H3. The zero-order chi connectivity index (χ0) is 23.8. The van der Waals surface area contributed by atoms with E-state index >= 15 is 4.39 Å². The van der Waals surface area contributed by atoms with Gasteiger partial charge in [-0.3, -0.25) is 0 Å². The summed E-state index contributed by atoms with van der Waals surface area (Å²) in [5, 5.41) is 0.607. The number of hydrogen-bond donors (Lipinski definition) is 0. The van der Waals surface area contributed by atoms with Gasteiger partial charge in [0.05, 0.1) is 0 Å². The van der Waals surface area contributed by atoms with E-state index in [-0.39, 0.29) is 17.3 Å². The fourth-order valence-electron chi connectivity index (χ4n) is 4.49. The maximum Gasteiger partial charge on any atom is 0.422 e. The highest BCUT2D eigenvalue weighted by Crippen LogP contribution is 2.43. The maximum absolute atomic E-state index is 15.1. The number of halogens is 6. The van der Waals surface area contributed by atoms with Crippen molar-refractivity contribution in [2.45, 2.75) is 64.0 Å². The van der Waals surface area contributed by atoms with Crippen molar-refractivity contribution in [3.8, 4) is 0 Å². The van der Waals surface area contributed by atoms with Crippen molar-refractivity contribution in [1.29, 1.82) is 0 Å². The summed E-state index contributed by atoms with van der Waals surface area (Å²) in [5.74, 6) is -3.53. The van der Waals surface area contributed by atoms with E-state index in [9.17, 15) is 22.0 Å². The predicted octanol–water partition coefficient (Wildman–Crippen LogP) is 9.42. The van der Waals surface area contributed by atoms with Crippen molar-refractivity contribution in [2.75, 3.05) is 0 Å². The van der Waals surface area contributed by atoms with Crippen molar-refractivity contribution < 1.29 is 26.3 Å². The van der Waals surface area contributed by atoms with Gasteiger partial charge in [-0.2, -0.15) is 13.2 Å². The lowest BCUT2D eigenvalue weighted by Gasteiger charge is -2.22. The number of aryl methyl sites for hydroxylation is 1. The second kappa shape index (κ2) is 9.53. The van der Waals surface area contributed by atoms with Crippen LogP contribution < -0.4 is 0 Å². The van der Waals surface area contributed by atoms with Gasteiger partial charge in [-0.25, -0.2) is 13.2 Å². The first-order valence-corrected chi connectivity index (χ1v) is 12.0. The fourth-order valence-corrected chi connectivity index (χ4v) is 5.78. The summed E-state index contributed by atoms with van der Waals surface area (Å²) in [6.07, 6.45) is 2.47. The summed E-state index contributed by atoms with van der Waals surface area (Å²) >= 11 is 1.44. The van der Waals surface area contributed by atoms with Crippen LogP contribution >= 0.6 is 11.3 Å². The van der Waals surface area contributed by atoms with Gasteiger partial charge in [0.25, 0.3) is 0 Å². The molecule has 33 heavy (non-hydrogen) atoms. The molecule has 0 aliphatic heterocycles. The SMILES string of the molecule is CCCCCc1ccc2c(F)c(C3CC=C(c4cc(F)c(C(F)(F)F)c(F)c4)CC3)sc2c1. The summed E-state index contributed by atoms with van der Waals surface area (Å²) in [4.78, 5) is 0.663. The van der Waals surface area contributed by atoms with Crippen LogP contribution in [0.1, 0.15) is 72.9 Å². The van der Waals surface area contributed by atoms with E-state index in [1.54, 1.807) is 6.08 Å². The largest absolute Gasteiger partial charge is 0.422 e. The van der Waals surface area contributed by atoms with Crippen LogP contribution in [0.15, 0.2) is 36.4 Å². The van der Waals surface area contributed by atoms with E-state index in [1.807, 2.05) is 12.1 Å². The van der Waals surface area contributed by atoms with E-state index in [1.165, 1.54) is 16.9 Å². The molecule has 4 rings (SSSR count). The molecule has 1 aliphatic carbocycles. The Bertz CT molecular complexity index is 1160. The van der Waals surface area contributed by atoms with E-state index in [0.717, 1.165) is 42.5 Å². The highest BCUT2D eigenvalue weighted by atomic mass is 32.1. The number of hydrogen-bond acceptors (Lipinski definition) is 1. The third-order valence-electron chi connectivity index (χ3n) is 6.27. The number of benzene rings is 2. The van der Waals surface area contributed by atoms with Gasteiger partial charge < -0.3 is 0 Å². The molecule has 0 amide bonds. The van der Waals surface area contributed by atoms with Crippen LogP contribution in [0.2, 0.25) is 0 Å². The van der Waals surface area contributed by atoms with Crippen molar-refractivity contribution in [3.63, 3.8) is 0 Å². The molecule has 1 atom stereocenters. The normalized spacial score (nSPS) is 16.9. The van der Waals surface area contributed by atoms with Gasteiger partial charge >= 0.3 is 6.18 Å². The molecule has 3 aromatic rings. The van der Waals surface area contributed by atoms with Crippen LogP contribution in [0.5, 0.6) is 0 Å². The van der Waals surface area contributed by atoms with Gasteiger partial charge in [0.1, 0.15) is 23.0 Å². The zero-order valence-electron chi connectivity index (χ0n) is 18.2. The number of unbranched alkanes of at least 4 members (excludes halogenated alkanes) is 2. The lowest BCUT2D eigenvalue weighted by atomic mass is 9.85. The molecule has 2 aromatic carbocycles. The molecule has 0 saturated carbocycles. The first kappa shape index (κ1) is 23.9. The van der Waals surface area contributed by atoms with E-state index < -0.39 is 23.4 Å². The zero-order valence-corrected chi connectivity index (χ0v) is 19.0. The fraction of sp³-hybridized carbons (Fsp3) is 0.385. The minimum Gasteiger partial charge on any atom is -0.206 e. The van der Waals surface area contributed by atoms with Gasteiger partial charge in [-0.15, -0.1) is 11.3 Å². The summed E-state index contributed by atoms with van der Waals surface area (Å²) in [5.41, 5.74) is 0.00497. The second-order valence-electron chi connectivity index (χ2n) is 8.58. The molecule has 1 aromatic heterocycles. The van der Waals surface area contributed by atoms with Gasteiger partial charge in [0.2, 0.25) is 0 Å². The molecule has 0 nitrogen and oxygen atoms in total. The summed E-state index contributed by atoms with van der Waals surface area (Å²) in [7, 11) is 0. The Kier molecular flexibility index (Phi) is 6.89. The topological polar surface area (TPSA) is 0 Å². The molecule has 7 heteroatoms. The van der Waals surface area contributed by atoms with Crippen LogP contribution in [0.4, 0.5) is 26.3 Å². The Hall–Kier alpha value is -2.28. The molecular formula is C26H24F6S. The second-order valence-corrected chi connectivity index (χ2v) is 9.67. The molecule has 0 spiro atoms. The minimum absolute atomic E-state index is 0.0705. The molecule has 0 bridgehead atoms. The van der Waals surface area contributed by atoms with Gasteiger partial charge in [0, 0.05) is 20.9 Å². The van der Waals surface area contributed by atoms with Gasteiger partial charge in [-0.05, 0) is 67.0 Å². The Morgan fingerprint density at radius 1 is 1.00 bits per heavy atom.